The van der Waals surface area contributed by atoms with Crippen LogP contribution in [0.25, 0.3) is 11.2 Å². The summed E-state index contributed by atoms with van der Waals surface area (Å²) in [4.78, 5) is 31.0. The Kier molecular flexibility index (Phi) is 8.11. The topological polar surface area (TPSA) is 116 Å². The second kappa shape index (κ2) is 11.9. The van der Waals surface area contributed by atoms with Crippen molar-refractivity contribution in [3.05, 3.63) is 109 Å². The Bertz CT molecular complexity index is 1810. The molecule has 10 nitrogen and oxygen atoms in total. The van der Waals surface area contributed by atoms with Crippen molar-refractivity contribution >= 4 is 45.7 Å². The summed E-state index contributed by atoms with van der Waals surface area (Å²) in [6.07, 6.45) is 0.252. The molecular weight excluding hydrogens is 555 g/mol. The van der Waals surface area contributed by atoms with E-state index >= 15 is 0 Å². The van der Waals surface area contributed by atoms with Crippen molar-refractivity contribution in [3.8, 4) is 11.8 Å². The Balaban J connectivity index is 1.57. The van der Waals surface area contributed by atoms with Crippen LogP contribution in [0.5, 0.6) is 11.8 Å². The highest BCUT2D eigenvalue weighted by atomic mass is 35.5. The van der Waals surface area contributed by atoms with Crippen molar-refractivity contribution in [3.63, 3.8) is 0 Å². The van der Waals surface area contributed by atoms with Gasteiger partial charge in [-0.15, -0.1) is 5.11 Å². The zero-order valence-corrected chi connectivity index (χ0v) is 22.9. The number of benzene rings is 3. The van der Waals surface area contributed by atoms with E-state index in [1.807, 2.05) is 42.5 Å². The minimum Gasteiger partial charge on any atom is -0.425 e. The summed E-state index contributed by atoms with van der Waals surface area (Å²) in [6.45, 7) is 0.121. The van der Waals surface area contributed by atoms with E-state index in [1.54, 1.807) is 34.9 Å². The van der Waals surface area contributed by atoms with E-state index in [0.717, 1.165) is 10.1 Å². The summed E-state index contributed by atoms with van der Waals surface area (Å²) in [6, 6.07) is 21.4. The molecule has 0 radical (unpaired) electrons. The van der Waals surface area contributed by atoms with Crippen LogP contribution >= 0.6 is 23.2 Å². The number of aliphatic hydroxyl groups is 1. The summed E-state index contributed by atoms with van der Waals surface area (Å²) in [5.41, 5.74) is 1.25. The Hall–Kier alpha value is -4.25. The number of aromatic nitrogens is 4. The minimum atomic E-state index is -0.537. The normalized spacial score (nSPS) is 11.5. The molecule has 0 spiro atoms. The Labute approximate surface area is 238 Å². The quantitative estimate of drug-likeness (QED) is 0.220. The first-order valence-electron chi connectivity index (χ1n) is 12.4. The van der Waals surface area contributed by atoms with E-state index in [9.17, 15) is 14.7 Å². The largest absolute Gasteiger partial charge is 0.425 e. The van der Waals surface area contributed by atoms with Gasteiger partial charge in [0.25, 0.3) is 5.56 Å². The smallest absolute Gasteiger partial charge is 0.332 e. The first-order chi connectivity index (χ1) is 19.4. The van der Waals surface area contributed by atoms with Crippen LogP contribution in [0.2, 0.25) is 10.0 Å². The van der Waals surface area contributed by atoms with Gasteiger partial charge >= 0.3 is 11.7 Å². The number of aryl methyl sites for hydroxylation is 1. The van der Waals surface area contributed by atoms with Gasteiger partial charge in [0.2, 0.25) is 0 Å². The predicted octanol–water partition coefficient (Wildman–Crippen LogP) is 5.84. The van der Waals surface area contributed by atoms with E-state index in [1.165, 1.54) is 11.6 Å². The average Bonchev–Trinajstić information content (AvgIpc) is 3.31. The van der Waals surface area contributed by atoms with Gasteiger partial charge < -0.3 is 9.84 Å². The molecule has 12 heteroatoms. The third-order valence-electron chi connectivity index (χ3n) is 6.15. The maximum Gasteiger partial charge on any atom is 0.332 e. The fourth-order valence-electron chi connectivity index (χ4n) is 4.12. The van der Waals surface area contributed by atoms with Crippen molar-refractivity contribution < 1.29 is 9.84 Å². The highest BCUT2D eigenvalue weighted by molar-refractivity contribution is 6.33. The number of ether oxygens (including phenoxy) is 1. The van der Waals surface area contributed by atoms with Crippen LogP contribution in [0.3, 0.4) is 0 Å². The monoisotopic (exact) mass is 578 g/mol. The molecule has 0 aliphatic carbocycles. The summed E-state index contributed by atoms with van der Waals surface area (Å²) in [5.74, 6) is 0.349. The van der Waals surface area contributed by atoms with Crippen LogP contribution < -0.4 is 16.0 Å². The van der Waals surface area contributed by atoms with Gasteiger partial charge in [0.1, 0.15) is 11.4 Å². The Morgan fingerprint density at radius 2 is 1.70 bits per heavy atom. The van der Waals surface area contributed by atoms with E-state index in [-0.39, 0.29) is 43.3 Å². The Morgan fingerprint density at radius 3 is 2.40 bits per heavy atom. The molecule has 0 fully saturated rings. The molecule has 0 aliphatic rings. The first-order valence-corrected chi connectivity index (χ1v) is 13.1. The Morgan fingerprint density at radius 1 is 0.950 bits per heavy atom. The molecule has 204 valence electrons. The third-order valence-corrected chi connectivity index (χ3v) is 6.70. The van der Waals surface area contributed by atoms with Crippen molar-refractivity contribution in [1.82, 2.24) is 18.7 Å². The fraction of sp³-hybridized carbons (Fsp3) is 0.179. The average molecular weight is 579 g/mol. The van der Waals surface area contributed by atoms with Gasteiger partial charge in [0, 0.05) is 31.3 Å². The lowest BCUT2D eigenvalue weighted by molar-refractivity contribution is 0.277. The molecule has 0 saturated carbocycles. The molecule has 0 bridgehead atoms. The van der Waals surface area contributed by atoms with Crippen LogP contribution in [0, 0.1) is 0 Å². The number of imidazole rings is 1. The van der Waals surface area contributed by atoms with Crippen molar-refractivity contribution in [2.24, 2.45) is 17.3 Å². The van der Waals surface area contributed by atoms with Crippen molar-refractivity contribution in [1.29, 1.82) is 0 Å². The summed E-state index contributed by atoms with van der Waals surface area (Å²) < 4.78 is 10.1. The molecule has 40 heavy (non-hydrogen) atoms. The number of hydrogen-bond donors (Lipinski definition) is 1. The standard InChI is InChI=1S/C28H24Cl2N6O4/c1-34-25-24(26(38)35(28(34)39)14-5-15-37)36(17-18-8-10-19(29)11-9-18)27(31-25)40-21-12-13-23(22(30)16-21)33-32-20-6-3-2-4-7-20/h2-4,6-13,16,37H,5,14-15,17H2,1H3. The number of azo groups is 1. The van der Waals surface area contributed by atoms with Crippen LogP contribution in [0.4, 0.5) is 11.4 Å². The minimum absolute atomic E-state index is 0.0644. The summed E-state index contributed by atoms with van der Waals surface area (Å²) >= 11 is 12.5. The molecule has 2 heterocycles. The maximum absolute atomic E-state index is 13.5. The molecule has 0 atom stereocenters. The molecule has 0 unspecified atom stereocenters. The van der Waals surface area contributed by atoms with Gasteiger partial charge in [0.05, 0.1) is 17.3 Å². The van der Waals surface area contributed by atoms with Gasteiger partial charge in [0.15, 0.2) is 11.2 Å². The zero-order chi connectivity index (χ0) is 28.2. The molecular formula is C28H24Cl2N6O4. The molecule has 1 N–H and O–H groups in total. The van der Waals surface area contributed by atoms with Gasteiger partial charge in [-0.25, -0.2) is 4.79 Å². The van der Waals surface area contributed by atoms with Crippen LogP contribution in [0.15, 0.2) is 92.6 Å². The fourth-order valence-corrected chi connectivity index (χ4v) is 4.45. The van der Waals surface area contributed by atoms with E-state index in [0.29, 0.717) is 27.2 Å². The molecule has 5 aromatic rings. The van der Waals surface area contributed by atoms with E-state index in [2.05, 4.69) is 15.2 Å². The third kappa shape index (κ3) is 5.69. The number of nitrogens with zero attached hydrogens (tertiary/aromatic N) is 6. The summed E-state index contributed by atoms with van der Waals surface area (Å²) in [7, 11) is 1.53. The summed E-state index contributed by atoms with van der Waals surface area (Å²) in [5, 5.41) is 18.5. The van der Waals surface area contributed by atoms with Gasteiger partial charge in [-0.2, -0.15) is 10.1 Å². The second-order valence-electron chi connectivity index (χ2n) is 8.91. The number of aliphatic hydroxyl groups excluding tert-OH is 1. The lowest BCUT2D eigenvalue weighted by Crippen LogP contribution is -2.39. The molecule has 0 aliphatic heterocycles. The molecule has 0 amide bonds. The van der Waals surface area contributed by atoms with Crippen molar-refractivity contribution in [2.45, 2.75) is 19.5 Å². The number of hydrogen-bond acceptors (Lipinski definition) is 7. The van der Waals surface area contributed by atoms with Gasteiger partial charge in [-0.1, -0.05) is 53.5 Å². The zero-order valence-electron chi connectivity index (χ0n) is 21.4. The SMILES string of the molecule is Cn1c(=O)n(CCCO)c(=O)c2c1nc(Oc1ccc(N=Nc3ccccc3)c(Cl)c1)n2Cc1ccc(Cl)cc1. The predicted molar refractivity (Wildman–Crippen MR) is 154 cm³/mol. The lowest BCUT2D eigenvalue weighted by atomic mass is 10.2. The maximum atomic E-state index is 13.5. The molecule has 2 aromatic heterocycles. The van der Waals surface area contributed by atoms with Crippen LogP contribution in [0.1, 0.15) is 12.0 Å². The number of rotatable bonds is 9. The second-order valence-corrected chi connectivity index (χ2v) is 9.75. The van der Waals surface area contributed by atoms with Gasteiger partial charge in [-0.05, 0) is 48.4 Å². The highest BCUT2D eigenvalue weighted by Crippen LogP contribution is 2.33. The van der Waals surface area contributed by atoms with Crippen molar-refractivity contribution in [2.75, 3.05) is 6.61 Å². The van der Waals surface area contributed by atoms with E-state index in [4.69, 9.17) is 27.9 Å². The molecule has 0 saturated heterocycles. The number of halogens is 2. The first kappa shape index (κ1) is 27.3. The molecule has 3 aromatic carbocycles. The lowest BCUT2D eigenvalue weighted by Gasteiger charge is -2.12. The van der Waals surface area contributed by atoms with Gasteiger partial charge in [-0.3, -0.25) is 18.5 Å². The number of fused-ring (bicyclic) bond motifs is 1. The van der Waals surface area contributed by atoms with E-state index < -0.39 is 11.2 Å². The van der Waals surface area contributed by atoms with Crippen LogP contribution in [-0.2, 0) is 20.1 Å². The van der Waals surface area contributed by atoms with Crippen LogP contribution in [-0.4, -0.2) is 30.4 Å². The highest BCUT2D eigenvalue weighted by Gasteiger charge is 2.22. The molecule has 5 rings (SSSR count).